The summed E-state index contributed by atoms with van der Waals surface area (Å²) in [6.07, 6.45) is 0.841. The van der Waals surface area contributed by atoms with Gasteiger partial charge in [-0.25, -0.2) is 0 Å². The van der Waals surface area contributed by atoms with Gasteiger partial charge in [0.2, 0.25) is 5.91 Å². The minimum absolute atomic E-state index is 0.0215. The number of rotatable bonds is 4. The Morgan fingerprint density at radius 3 is 2.94 bits per heavy atom. The average Bonchev–Trinajstić information content (AvgIpc) is 2.78. The average molecular weight is 248 g/mol. The van der Waals surface area contributed by atoms with Gasteiger partial charge in [-0.2, -0.15) is 0 Å². The molecule has 0 fully saturated rings. The zero-order valence-corrected chi connectivity index (χ0v) is 10.7. The fraction of sp³-hybridized carbons (Fsp3) is 0.385. The first kappa shape index (κ1) is 12.2. The molecule has 1 heterocycles. The SMILES string of the molecule is CC(=O)NCCC1=NC(c2ccccc2)CS1. The van der Waals surface area contributed by atoms with Crippen LogP contribution in [-0.4, -0.2) is 23.2 Å². The number of nitrogens with zero attached hydrogens (tertiary/aromatic N) is 1. The maximum atomic E-state index is 10.7. The standard InChI is InChI=1S/C13H16N2OS/c1-10(16)14-8-7-13-15-12(9-17-13)11-5-3-2-4-6-11/h2-6,12H,7-9H2,1H3,(H,14,16). The minimum atomic E-state index is 0.0215. The van der Waals surface area contributed by atoms with Gasteiger partial charge in [-0.1, -0.05) is 30.3 Å². The molecule has 1 aromatic rings. The monoisotopic (exact) mass is 248 g/mol. The molecule has 1 unspecified atom stereocenters. The first-order chi connectivity index (χ1) is 8.25. The fourth-order valence-electron chi connectivity index (χ4n) is 1.75. The van der Waals surface area contributed by atoms with E-state index in [-0.39, 0.29) is 11.9 Å². The predicted molar refractivity (Wildman–Crippen MR) is 72.4 cm³/mol. The Hall–Kier alpha value is -1.29. The predicted octanol–water partition coefficient (Wildman–Crippen LogP) is 2.40. The molecule has 0 radical (unpaired) electrons. The molecule has 0 aliphatic carbocycles. The maximum Gasteiger partial charge on any atom is 0.216 e. The highest BCUT2D eigenvalue weighted by molar-refractivity contribution is 8.14. The third kappa shape index (κ3) is 3.60. The number of hydrogen-bond donors (Lipinski definition) is 1. The van der Waals surface area contributed by atoms with Crippen LogP contribution in [0.25, 0.3) is 0 Å². The second-order valence-electron chi connectivity index (χ2n) is 3.99. The molecule has 0 aromatic heterocycles. The van der Waals surface area contributed by atoms with Gasteiger partial charge in [-0.3, -0.25) is 9.79 Å². The van der Waals surface area contributed by atoms with E-state index >= 15 is 0 Å². The number of aliphatic imine (C=N–C) groups is 1. The molecule has 17 heavy (non-hydrogen) atoms. The molecular weight excluding hydrogens is 232 g/mol. The molecule has 1 atom stereocenters. The summed E-state index contributed by atoms with van der Waals surface area (Å²) in [5, 5.41) is 3.94. The second-order valence-corrected chi connectivity index (χ2v) is 5.09. The molecule has 0 spiro atoms. The van der Waals surface area contributed by atoms with Gasteiger partial charge >= 0.3 is 0 Å². The lowest BCUT2D eigenvalue weighted by Gasteiger charge is -2.04. The Morgan fingerprint density at radius 2 is 2.24 bits per heavy atom. The van der Waals surface area contributed by atoms with Gasteiger partial charge in [0, 0.05) is 25.6 Å². The highest BCUT2D eigenvalue weighted by Crippen LogP contribution is 2.31. The lowest BCUT2D eigenvalue weighted by molar-refractivity contribution is -0.118. The van der Waals surface area contributed by atoms with Gasteiger partial charge in [-0.05, 0) is 5.56 Å². The van der Waals surface area contributed by atoms with Crippen LogP contribution in [0.5, 0.6) is 0 Å². The summed E-state index contributed by atoms with van der Waals surface area (Å²) < 4.78 is 0. The van der Waals surface area contributed by atoms with Gasteiger partial charge in [0.15, 0.2) is 0 Å². The van der Waals surface area contributed by atoms with Crippen molar-refractivity contribution in [3.8, 4) is 0 Å². The molecular formula is C13H16N2OS. The van der Waals surface area contributed by atoms with Crippen molar-refractivity contribution in [2.24, 2.45) is 4.99 Å². The van der Waals surface area contributed by atoms with Crippen LogP contribution in [-0.2, 0) is 4.79 Å². The van der Waals surface area contributed by atoms with E-state index in [0.29, 0.717) is 6.54 Å². The van der Waals surface area contributed by atoms with Crippen molar-refractivity contribution in [2.75, 3.05) is 12.3 Å². The van der Waals surface area contributed by atoms with E-state index in [1.54, 1.807) is 11.8 Å². The van der Waals surface area contributed by atoms with Crippen molar-refractivity contribution >= 4 is 22.7 Å². The Balaban J connectivity index is 1.88. The number of nitrogens with one attached hydrogen (secondary N) is 1. The van der Waals surface area contributed by atoms with Crippen LogP contribution in [0.15, 0.2) is 35.3 Å². The van der Waals surface area contributed by atoms with Gasteiger partial charge in [0.25, 0.3) is 0 Å². The Morgan fingerprint density at radius 1 is 1.47 bits per heavy atom. The number of thioether (sulfide) groups is 1. The van der Waals surface area contributed by atoms with Crippen molar-refractivity contribution in [2.45, 2.75) is 19.4 Å². The van der Waals surface area contributed by atoms with E-state index in [0.717, 1.165) is 17.2 Å². The fourth-order valence-corrected chi connectivity index (χ4v) is 2.82. The van der Waals surface area contributed by atoms with Crippen molar-refractivity contribution in [3.05, 3.63) is 35.9 Å². The molecule has 1 aliphatic heterocycles. The van der Waals surface area contributed by atoms with E-state index in [1.165, 1.54) is 12.5 Å². The summed E-state index contributed by atoms with van der Waals surface area (Å²) in [5.74, 6) is 1.03. The second kappa shape index (κ2) is 5.87. The van der Waals surface area contributed by atoms with Gasteiger partial charge in [0.05, 0.1) is 11.1 Å². The van der Waals surface area contributed by atoms with E-state index in [9.17, 15) is 4.79 Å². The van der Waals surface area contributed by atoms with Crippen LogP contribution >= 0.6 is 11.8 Å². The molecule has 3 nitrogen and oxygen atoms in total. The minimum Gasteiger partial charge on any atom is -0.356 e. The van der Waals surface area contributed by atoms with E-state index in [2.05, 4.69) is 22.4 Å². The zero-order chi connectivity index (χ0) is 12.1. The number of benzene rings is 1. The number of carbonyl (C=O) groups excluding carboxylic acids is 1. The van der Waals surface area contributed by atoms with Crippen molar-refractivity contribution in [1.82, 2.24) is 5.32 Å². The van der Waals surface area contributed by atoms with E-state index in [4.69, 9.17) is 0 Å². The normalized spacial score (nSPS) is 18.9. The number of hydrogen-bond acceptors (Lipinski definition) is 3. The van der Waals surface area contributed by atoms with Crippen LogP contribution in [0.2, 0.25) is 0 Å². The van der Waals surface area contributed by atoms with Crippen molar-refractivity contribution in [1.29, 1.82) is 0 Å². The summed E-state index contributed by atoms with van der Waals surface area (Å²) in [6.45, 7) is 2.22. The Labute approximate surface area is 106 Å². The molecule has 0 saturated heterocycles. The van der Waals surface area contributed by atoms with Crippen molar-refractivity contribution < 1.29 is 4.79 Å². The van der Waals surface area contributed by atoms with Gasteiger partial charge < -0.3 is 5.32 Å². The summed E-state index contributed by atoms with van der Waals surface area (Å²) in [7, 11) is 0. The molecule has 4 heteroatoms. The molecule has 1 aromatic carbocycles. The lowest BCUT2D eigenvalue weighted by Crippen LogP contribution is -2.22. The Kier molecular flexibility index (Phi) is 4.20. The first-order valence-electron chi connectivity index (χ1n) is 5.74. The smallest absolute Gasteiger partial charge is 0.216 e. The molecule has 1 amide bonds. The third-order valence-corrected chi connectivity index (χ3v) is 3.73. The van der Waals surface area contributed by atoms with Gasteiger partial charge in [0.1, 0.15) is 0 Å². The third-order valence-electron chi connectivity index (χ3n) is 2.60. The largest absolute Gasteiger partial charge is 0.356 e. The molecule has 1 N–H and O–H groups in total. The zero-order valence-electron chi connectivity index (χ0n) is 9.85. The molecule has 2 rings (SSSR count). The lowest BCUT2D eigenvalue weighted by atomic mass is 10.1. The highest BCUT2D eigenvalue weighted by Gasteiger charge is 2.19. The summed E-state index contributed by atoms with van der Waals surface area (Å²) >= 11 is 1.80. The molecule has 0 saturated carbocycles. The molecule has 90 valence electrons. The highest BCUT2D eigenvalue weighted by atomic mass is 32.2. The van der Waals surface area contributed by atoms with Crippen LogP contribution in [0.4, 0.5) is 0 Å². The number of carbonyl (C=O) groups is 1. The van der Waals surface area contributed by atoms with Crippen LogP contribution in [0, 0.1) is 0 Å². The van der Waals surface area contributed by atoms with Gasteiger partial charge in [-0.15, -0.1) is 11.8 Å². The van der Waals surface area contributed by atoms with Crippen LogP contribution in [0.1, 0.15) is 24.9 Å². The number of amides is 1. The quantitative estimate of drug-likeness (QED) is 0.889. The molecule has 0 bridgehead atoms. The van der Waals surface area contributed by atoms with Crippen molar-refractivity contribution in [3.63, 3.8) is 0 Å². The summed E-state index contributed by atoms with van der Waals surface area (Å²) in [6, 6.07) is 10.6. The summed E-state index contributed by atoms with van der Waals surface area (Å²) in [5.41, 5.74) is 1.27. The van der Waals surface area contributed by atoms with E-state index in [1.807, 2.05) is 18.2 Å². The summed E-state index contributed by atoms with van der Waals surface area (Å²) in [4.78, 5) is 15.4. The van der Waals surface area contributed by atoms with E-state index < -0.39 is 0 Å². The topological polar surface area (TPSA) is 41.5 Å². The Bertz CT molecular complexity index is 417. The van der Waals surface area contributed by atoms with Crippen LogP contribution < -0.4 is 5.32 Å². The molecule has 1 aliphatic rings. The first-order valence-corrected chi connectivity index (χ1v) is 6.73. The maximum absolute atomic E-state index is 10.7. The van der Waals surface area contributed by atoms with Crippen LogP contribution in [0.3, 0.4) is 0 Å².